The third-order valence-electron chi connectivity index (χ3n) is 10.5. The molecule has 0 heterocycles. The van der Waals surface area contributed by atoms with Crippen molar-refractivity contribution in [2.24, 2.45) is 46.3 Å². The van der Waals surface area contributed by atoms with Crippen molar-refractivity contribution in [3.63, 3.8) is 0 Å². The molecule has 0 saturated heterocycles. The molecule has 4 aliphatic rings. The predicted octanol–water partition coefficient (Wildman–Crippen LogP) is 3.88. The van der Waals surface area contributed by atoms with E-state index in [4.69, 9.17) is 4.18 Å². The Balaban J connectivity index is 0.00000306. The van der Waals surface area contributed by atoms with E-state index >= 15 is 0 Å². The van der Waals surface area contributed by atoms with Gasteiger partial charge >= 0.3 is 29.6 Å². The Morgan fingerprint density at radius 2 is 1.79 bits per heavy atom. The Morgan fingerprint density at radius 3 is 2.45 bits per heavy atom. The first kappa shape index (κ1) is 28.2. The van der Waals surface area contributed by atoms with Gasteiger partial charge in [-0.2, -0.15) is 0 Å². The van der Waals surface area contributed by atoms with Crippen LogP contribution in [-0.2, 0) is 14.6 Å². The molecule has 0 aromatic carbocycles. The minimum atomic E-state index is -4.63. The molecule has 8 atom stereocenters. The number of allylic oxidation sites excluding steroid dienone is 1. The maximum Gasteiger partial charge on any atom is 1.00 e. The van der Waals surface area contributed by atoms with E-state index in [1.54, 1.807) is 0 Å². The van der Waals surface area contributed by atoms with E-state index in [2.05, 4.69) is 40.7 Å². The van der Waals surface area contributed by atoms with Crippen LogP contribution in [0.25, 0.3) is 0 Å². The van der Waals surface area contributed by atoms with Crippen molar-refractivity contribution >= 4 is 10.4 Å². The number of fused-ring (bicyclic) bond motifs is 5. The molecule has 33 heavy (non-hydrogen) atoms. The molecular formula is C27H45NaO4S. The van der Waals surface area contributed by atoms with Crippen LogP contribution in [0.15, 0.2) is 11.6 Å². The minimum Gasteiger partial charge on any atom is -0.726 e. The maximum absolute atomic E-state index is 11.1. The third kappa shape index (κ3) is 5.64. The van der Waals surface area contributed by atoms with Gasteiger partial charge in [0.1, 0.15) is 0 Å². The second-order valence-electron chi connectivity index (χ2n) is 12.7. The molecule has 4 nitrogen and oxygen atoms in total. The zero-order valence-electron chi connectivity index (χ0n) is 21.9. The first-order valence-electron chi connectivity index (χ1n) is 13.3. The SMILES string of the molecule is CC(C)CCCC(C)[C@H]1CC[C@H]2[C@@H]3CC=C4C[C@@H](OS(=O)(=O)[O-])CC[C@]4(C)[C@H]3CC[C@]12C.[Na+]. The summed E-state index contributed by atoms with van der Waals surface area (Å²) >= 11 is 0. The van der Waals surface area contributed by atoms with Crippen molar-refractivity contribution in [3.05, 3.63) is 11.6 Å². The molecule has 3 saturated carbocycles. The number of hydrogen-bond acceptors (Lipinski definition) is 4. The standard InChI is InChI=1S/C27H46O4S.Na/c1-18(2)7-6-8-19(3)23-11-12-24-22-10-9-20-17-21(31-32(28,29)30)13-15-26(20,4)25(22)14-16-27(23,24)5;/h9,18-19,21-25H,6-8,10-17H2,1-5H3,(H,28,29,30);/q;+1/p-1/t19?,21-,22-,23+,24-,25-,26-,27+;/m0./s1. The number of hydrogen-bond donors (Lipinski definition) is 0. The molecule has 0 radical (unpaired) electrons. The first-order chi connectivity index (χ1) is 14.9. The summed E-state index contributed by atoms with van der Waals surface area (Å²) in [4.78, 5) is 0. The molecule has 1 unspecified atom stereocenters. The zero-order chi connectivity index (χ0) is 23.3. The van der Waals surface area contributed by atoms with Gasteiger partial charge in [0, 0.05) is 0 Å². The van der Waals surface area contributed by atoms with Crippen LogP contribution in [0.2, 0.25) is 0 Å². The fourth-order valence-corrected chi connectivity index (χ4v) is 9.40. The fourth-order valence-electron chi connectivity index (χ4n) is 8.90. The van der Waals surface area contributed by atoms with Crippen molar-refractivity contribution in [2.45, 2.75) is 111 Å². The Morgan fingerprint density at radius 1 is 1.06 bits per heavy atom. The van der Waals surface area contributed by atoms with Gasteiger partial charge in [-0.15, -0.1) is 0 Å². The maximum atomic E-state index is 11.1. The van der Waals surface area contributed by atoms with Crippen LogP contribution < -0.4 is 29.6 Å². The number of rotatable bonds is 7. The van der Waals surface area contributed by atoms with E-state index in [1.165, 1.54) is 50.5 Å². The molecule has 0 amide bonds. The monoisotopic (exact) mass is 488 g/mol. The van der Waals surface area contributed by atoms with Gasteiger partial charge in [0.15, 0.2) is 0 Å². The van der Waals surface area contributed by atoms with Gasteiger partial charge in [0.2, 0.25) is 10.4 Å². The Bertz CT molecular complexity index is 824. The van der Waals surface area contributed by atoms with Crippen molar-refractivity contribution in [1.29, 1.82) is 0 Å². The Labute approximate surface area is 225 Å². The average molecular weight is 489 g/mol. The summed E-state index contributed by atoms with van der Waals surface area (Å²) in [6.45, 7) is 12.2. The molecule has 6 heteroatoms. The Hall–Kier alpha value is 0.610. The summed E-state index contributed by atoms with van der Waals surface area (Å²) in [6, 6.07) is 0. The van der Waals surface area contributed by atoms with E-state index in [0.717, 1.165) is 42.4 Å². The second-order valence-corrected chi connectivity index (χ2v) is 13.7. The van der Waals surface area contributed by atoms with Gasteiger partial charge in [-0.1, -0.05) is 65.5 Å². The van der Waals surface area contributed by atoms with Crippen molar-refractivity contribution in [1.82, 2.24) is 0 Å². The molecule has 0 aliphatic heterocycles. The van der Waals surface area contributed by atoms with E-state index < -0.39 is 16.5 Å². The summed E-state index contributed by atoms with van der Waals surface area (Å²) in [7, 11) is -4.63. The van der Waals surface area contributed by atoms with Crippen LogP contribution in [0.4, 0.5) is 0 Å². The van der Waals surface area contributed by atoms with E-state index in [9.17, 15) is 13.0 Å². The normalized spacial score (nSPS) is 41.4. The summed E-state index contributed by atoms with van der Waals surface area (Å²) in [5.74, 6) is 4.78. The van der Waals surface area contributed by atoms with Crippen molar-refractivity contribution < 1.29 is 46.7 Å². The fraction of sp³-hybridized carbons (Fsp3) is 0.926. The summed E-state index contributed by atoms with van der Waals surface area (Å²) in [5.41, 5.74) is 1.99. The van der Waals surface area contributed by atoms with E-state index in [0.29, 0.717) is 24.2 Å². The van der Waals surface area contributed by atoms with Crippen molar-refractivity contribution in [2.75, 3.05) is 0 Å². The molecule has 0 N–H and O–H groups in total. The molecule has 0 spiro atoms. The minimum absolute atomic E-state index is 0. The van der Waals surface area contributed by atoms with Crippen LogP contribution in [0.5, 0.6) is 0 Å². The summed E-state index contributed by atoms with van der Waals surface area (Å²) < 4.78 is 38.2. The molecule has 0 aromatic rings. The van der Waals surface area contributed by atoms with Gasteiger partial charge in [-0.25, -0.2) is 8.42 Å². The largest absolute Gasteiger partial charge is 1.00 e. The van der Waals surface area contributed by atoms with Gasteiger partial charge in [-0.05, 0) is 97.7 Å². The molecule has 184 valence electrons. The molecule has 4 aliphatic carbocycles. The van der Waals surface area contributed by atoms with Crippen LogP contribution in [0, 0.1) is 46.3 Å². The molecule has 3 fully saturated rings. The van der Waals surface area contributed by atoms with Crippen LogP contribution >= 0.6 is 0 Å². The van der Waals surface area contributed by atoms with E-state index in [-0.39, 0.29) is 35.0 Å². The van der Waals surface area contributed by atoms with Gasteiger partial charge in [-0.3, -0.25) is 4.18 Å². The molecular weight excluding hydrogens is 443 g/mol. The van der Waals surface area contributed by atoms with Crippen LogP contribution in [0.3, 0.4) is 0 Å². The van der Waals surface area contributed by atoms with Crippen LogP contribution in [0.1, 0.15) is 105 Å². The van der Waals surface area contributed by atoms with Gasteiger partial charge < -0.3 is 4.55 Å². The molecule has 4 rings (SSSR count). The zero-order valence-corrected chi connectivity index (χ0v) is 24.8. The summed E-state index contributed by atoms with van der Waals surface area (Å²) in [6.07, 6.45) is 14.8. The quantitative estimate of drug-likeness (QED) is 0.236. The molecule has 0 aromatic heterocycles. The average Bonchev–Trinajstić information content (AvgIpc) is 3.04. The topological polar surface area (TPSA) is 66.4 Å². The predicted molar refractivity (Wildman–Crippen MR) is 128 cm³/mol. The molecule has 0 bridgehead atoms. The van der Waals surface area contributed by atoms with Gasteiger partial charge in [0.25, 0.3) is 0 Å². The second kappa shape index (κ2) is 10.5. The van der Waals surface area contributed by atoms with Crippen LogP contribution in [-0.4, -0.2) is 19.1 Å². The third-order valence-corrected chi connectivity index (χ3v) is 11.0. The first-order valence-corrected chi connectivity index (χ1v) is 14.6. The van der Waals surface area contributed by atoms with Crippen molar-refractivity contribution in [3.8, 4) is 0 Å². The Kier molecular flexibility index (Phi) is 9.00. The summed E-state index contributed by atoms with van der Waals surface area (Å²) in [5, 5.41) is 0. The van der Waals surface area contributed by atoms with E-state index in [1.807, 2.05) is 0 Å². The smallest absolute Gasteiger partial charge is 0.726 e. The van der Waals surface area contributed by atoms with Gasteiger partial charge in [0.05, 0.1) is 6.10 Å².